The van der Waals surface area contributed by atoms with Crippen LogP contribution in [0.1, 0.15) is 25.5 Å². The summed E-state index contributed by atoms with van der Waals surface area (Å²) in [5.74, 6) is -0.181. The predicted octanol–water partition coefficient (Wildman–Crippen LogP) is 5.31. The number of amides is 1. The quantitative estimate of drug-likeness (QED) is 0.290. The van der Waals surface area contributed by atoms with Crippen LogP contribution < -0.4 is 10.9 Å². The molecule has 0 aliphatic carbocycles. The summed E-state index contributed by atoms with van der Waals surface area (Å²) >= 11 is 14.8. The first kappa shape index (κ1) is 21.9. The van der Waals surface area contributed by atoms with Gasteiger partial charge in [0.25, 0.3) is 5.56 Å². The van der Waals surface area contributed by atoms with Gasteiger partial charge in [-0.25, -0.2) is 4.98 Å². The molecule has 0 saturated heterocycles. The minimum Gasteiger partial charge on any atom is -0.349 e. The van der Waals surface area contributed by atoms with Gasteiger partial charge in [-0.1, -0.05) is 47.1 Å². The summed E-state index contributed by atoms with van der Waals surface area (Å²) in [6.45, 7) is 7.67. The number of thiophene rings is 1. The van der Waals surface area contributed by atoms with Crippen LogP contribution in [0.5, 0.6) is 0 Å². The fraction of sp³-hybridized carbons (Fsp3) is 0.250. The molecular formula is C20H19Cl2N3O2S2. The lowest BCUT2D eigenvalue weighted by molar-refractivity contribution is -0.120. The molecule has 0 aliphatic rings. The summed E-state index contributed by atoms with van der Waals surface area (Å²) in [6, 6.07) is 6.64. The first-order chi connectivity index (χ1) is 13.8. The number of allylic oxidation sites excluding steroid dienone is 1. The molecule has 29 heavy (non-hydrogen) atoms. The third-order valence-electron chi connectivity index (χ3n) is 4.30. The Kier molecular flexibility index (Phi) is 7.05. The Hall–Kier alpha value is -1.80. The molecule has 0 radical (unpaired) electrons. The van der Waals surface area contributed by atoms with Crippen LogP contribution in [-0.4, -0.2) is 20.7 Å². The Labute approximate surface area is 186 Å². The topological polar surface area (TPSA) is 64.0 Å². The van der Waals surface area contributed by atoms with Crippen molar-refractivity contribution >= 4 is 62.4 Å². The zero-order valence-electron chi connectivity index (χ0n) is 15.8. The van der Waals surface area contributed by atoms with Gasteiger partial charge < -0.3 is 5.32 Å². The minimum atomic E-state index is -0.469. The van der Waals surface area contributed by atoms with Gasteiger partial charge in [-0.15, -0.1) is 17.9 Å². The fourth-order valence-corrected chi connectivity index (χ4v) is 5.09. The van der Waals surface area contributed by atoms with Crippen molar-refractivity contribution in [1.82, 2.24) is 14.9 Å². The number of benzene rings is 1. The van der Waals surface area contributed by atoms with Gasteiger partial charge in [0.2, 0.25) is 5.91 Å². The van der Waals surface area contributed by atoms with E-state index in [1.54, 1.807) is 37.3 Å². The number of hydrogen-bond acceptors (Lipinski definition) is 5. The Bertz CT molecular complexity index is 1130. The lowest BCUT2D eigenvalue weighted by atomic mass is 10.1. The SMILES string of the molecule is C=CCn1c(SC(C)C(=O)NC(C)c2ccc(Cl)cc2Cl)nc2sccc2c1=O. The predicted molar refractivity (Wildman–Crippen MR) is 122 cm³/mol. The van der Waals surface area contributed by atoms with Gasteiger partial charge in [-0.3, -0.25) is 14.2 Å². The molecule has 152 valence electrons. The molecule has 2 aromatic heterocycles. The molecule has 0 fully saturated rings. The number of carbonyl (C=O) groups excluding carboxylic acids is 1. The lowest BCUT2D eigenvalue weighted by Crippen LogP contribution is -2.34. The van der Waals surface area contributed by atoms with Crippen LogP contribution in [-0.2, 0) is 11.3 Å². The second-order valence-electron chi connectivity index (χ2n) is 6.39. The van der Waals surface area contributed by atoms with E-state index in [9.17, 15) is 9.59 Å². The molecule has 2 heterocycles. The second kappa shape index (κ2) is 9.34. The summed E-state index contributed by atoms with van der Waals surface area (Å²) in [5, 5.41) is 6.42. The molecule has 1 aromatic carbocycles. The maximum atomic E-state index is 12.7. The molecule has 5 nitrogen and oxygen atoms in total. The lowest BCUT2D eigenvalue weighted by Gasteiger charge is -2.19. The zero-order chi connectivity index (χ0) is 21.1. The second-order valence-corrected chi connectivity index (χ2v) is 9.44. The first-order valence-electron chi connectivity index (χ1n) is 8.82. The monoisotopic (exact) mass is 467 g/mol. The Balaban J connectivity index is 1.79. The average Bonchev–Trinajstić information content (AvgIpc) is 3.13. The largest absolute Gasteiger partial charge is 0.349 e. The molecule has 1 amide bonds. The highest BCUT2D eigenvalue weighted by molar-refractivity contribution is 8.00. The molecule has 0 saturated carbocycles. The van der Waals surface area contributed by atoms with E-state index in [2.05, 4.69) is 16.9 Å². The van der Waals surface area contributed by atoms with Crippen molar-refractivity contribution in [3.05, 3.63) is 68.3 Å². The van der Waals surface area contributed by atoms with Crippen LogP contribution in [0.4, 0.5) is 0 Å². The highest BCUT2D eigenvalue weighted by Crippen LogP contribution is 2.28. The van der Waals surface area contributed by atoms with Gasteiger partial charge in [-0.05, 0) is 43.0 Å². The summed E-state index contributed by atoms with van der Waals surface area (Å²) in [5.41, 5.74) is 0.649. The van der Waals surface area contributed by atoms with Gasteiger partial charge in [0.15, 0.2) is 5.16 Å². The maximum absolute atomic E-state index is 12.7. The number of nitrogens with zero attached hydrogens (tertiary/aromatic N) is 2. The molecule has 0 aliphatic heterocycles. The number of rotatable bonds is 7. The number of nitrogens with one attached hydrogen (secondary N) is 1. The van der Waals surface area contributed by atoms with Gasteiger partial charge in [0, 0.05) is 16.6 Å². The van der Waals surface area contributed by atoms with Crippen molar-refractivity contribution in [1.29, 1.82) is 0 Å². The Morgan fingerprint density at radius 2 is 2.14 bits per heavy atom. The number of carbonyl (C=O) groups is 1. The smallest absolute Gasteiger partial charge is 0.263 e. The van der Waals surface area contributed by atoms with Crippen molar-refractivity contribution in [2.45, 2.75) is 36.8 Å². The van der Waals surface area contributed by atoms with E-state index >= 15 is 0 Å². The van der Waals surface area contributed by atoms with E-state index in [4.69, 9.17) is 23.2 Å². The van der Waals surface area contributed by atoms with E-state index in [-0.39, 0.29) is 17.5 Å². The number of aromatic nitrogens is 2. The van der Waals surface area contributed by atoms with E-state index in [0.717, 1.165) is 5.56 Å². The molecule has 2 unspecified atom stereocenters. The van der Waals surface area contributed by atoms with Crippen molar-refractivity contribution < 1.29 is 4.79 Å². The van der Waals surface area contributed by atoms with Crippen LogP contribution in [0.3, 0.4) is 0 Å². The van der Waals surface area contributed by atoms with E-state index in [1.165, 1.54) is 27.7 Å². The highest BCUT2D eigenvalue weighted by atomic mass is 35.5. The average molecular weight is 468 g/mol. The molecular weight excluding hydrogens is 449 g/mol. The Morgan fingerprint density at radius 1 is 1.38 bits per heavy atom. The molecule has 0 spiro atoms. The number of fused-ring (bicyclic) bond motifs is 1. The first-order valence-corrected chi connectivity index (χ1v) is 11.3. The molecule has 0 bridgehead atoms. The maximum Gasteiger partial charge on any atom is 0.263 e. The van der Waals surface area contributed by atoms with Crippen LogP contribution in [0, 0.1) is 0 Å². The van der Waals surface area contributed by atoms with Crippen molar-refractivity contribution in [2.75, 3.05) is 0 Å². The van der Waals surface area contributed by atoms with Crippen LogP contribution in [0.2, 0.25) is 10.0 Å². The highest BCUT2D eigenvalue weighted by Gasteiger charge is 2.22. The molecule has 3 rings (SSSR count). The molecule has 3 aromatic rings. The van der Waals surface area contributed by atoms with E-state index < -0.39 is 5.25 Å². The Morgan fingerprint density at radius 3 is 2.83 bits per heavy atom. The summed E-state index contributed by atoms with van der Waals surface area (Å²) in [6.07, 6.45) is 1.64. The normalized spacial score (nSPS) is 13.2. The molecule has 9 heteroatoms. The van der Waals surface area contributed by atoms with Crippen LogP contribution in [0.25, 0.3) is 10.2 Å². The van der Waals surface area contributed by atoms with E-state index in [1.807, 2.05) is 12.3 Å². The fourth-order valence-electron chi connectivity index (χ4n) is 2.78. The van der Waals surface area contributed by atoms with Gasteiger partial charge in [0.05, 0.1) is 16.7 Å². The zero-order valence-corrected chi connectivity index (χ0v) is 19.0. The number of thioether (sulfide) groups is 1. The summed E-state index contributed by atoms with van der Waals surface area (Å²) < 4.78 is 1.54. The van der Waals surface area contributed by atoms with Crippen molar-refractivity contribution in [2.24, 2.45) is 0 Å². The standard InChI is InChI=1S/C20H19Cl2N3O2S2/c1-4-8-25-19(27)15-7-9-28-18(15)24-20(25)29-12(3)17(26)23-11(2)14-6-5-13(21)10-16(14)22/h4-7,9-12H,1,8H2,2-3H3,(H,23,26). The van der Waals surface area contributed by atoms with Gasteiger partial charge >= 0.3 is 0 Å². The van der Waals surface area contributed by atoms with Gasteiger partial charge in [-0.2, -0.15) is 0 Å². The number of hydrogen-bond donors (Lipinski definition) is 1. The minimum absolute atomic E-state index is 0.132. The van der Waals surface area contributed by atoms with Gasteiger partial charge in [0.1, 0.15) is 4.83 Å². The molecule has 2 atom stereocenters. The third kappa shape index (κ3) is 4.86. The molecule has 1 N–H and O–H groups in total. The van der Waals surface area contributed by atoms with Crippen LogP contribution in [0.15, 0.2) is 52.3 Å². The van der Waals surface area contributed by atoms with Crippen molar-refractivity contribution in [3.8, 4) is 0 Å². The summed E-state index contributed by atoms with van der Waals surface area (Å²) in [4.78, 5) is 30.7. The number of halogens is 2. The van der Waals surface area contributed by atoms with Crippen LogP contribution >= 0.6 is 46.3 Å². The van der Waals surface area contributed by atoms with E-state index in [0.29, 0.717) is 32.0 Å². The summed E-state index contributed by atoms with van der Waals surface area (Å²) in [7, 11) is 0. The third-order valence-corrected chi connectivity index (χ3v) is 6.76. The van der Waals surface area contributed by atoms with Crippen molar-refractivity contribution in [3.63, 3.8) is 0 Å².